The quantitative estimate of drug-likeness (QED) is 0.635. The molecule has 0 saturated heterocycles. The highest BCUT2D eigenvalue weighted by molar-refractivity contribution is 7.20. The first-order chi connectivity index (χ1) is 5.74. The molecule has 0 spiro atoms. The van der Waals surface area contributed by atoms with E-state index in [2.05, 4.69) is 4.37 Å². The van der Waals surface area contributed by atoms with Crippen LogP contribution in [0.3, 0.4) is 0 Å². The SMILES string of the molecule is COc1n[s+]([O-])c(C#N)c1OC. The topological polar surface area (TPSA) is 78.2 Å². The van der Waals surface area contributed by atoms with Crippen molar-refractivity contribution in [3.63, 3.8) is 0 Å². The van der Waals surface area contributed by atoms with E-state index in [0.29, 0.717) is 0 Å². The first kappa shape index (κ1) is 8.77. The summed E-state index contributed by atoms with van der Waals surface area (Å²) in [6.45, 7) is 0. The van der Waals surface area contributed by atoms with Crippen LogP contribution < -0.4 is 9.47 Å². The molecule has 6 heteroatoms. The zero-order valence-corrected chi connectivity index (χ0v) is 7.34. The van der Waals surface area contributed by atoms with Gasteiger partial charge in [0, 0.05) is 4.37 Å². The van der Waals surface area contributed by atoms with Crippen LogP contribution in [0.1, 0.15) is 4.88 Å². The number of methoxy groups -OCH3 is 2. The molecule has 0 aromatic carbocycles. The Hall–Kier alpha value is -1.32. The van der Waals surface area contributed by atoms with Gasteiger partial charge in [-0.1, -0.05) is 0 Å². The zero-order chi connectivity index (χ0) is 9.14. The van der Waals surface area contributed by atoms with Crippen LogP contribution in [0, 0.1) is 11.3 Å². The van der Waals surface area contributed by atoms with Gasteiger partial charge >= 0.3 is 10.8 Å². The molecule has 1 unspecified atom stereocenters. The Morgan fingerprint density at radius 1 is 1.50 bits per heavy atom. The lowest BCUT2D eigenvalue weighted by atomic mass is 10.5. The lowest BCUT2D eigenvalue weighted by Gasteiger charge is -1.94. The summed E-state index contributed by atoms with van der Waals surface area (Å²) < 4.78 is 24.1. The second kappa shape index (κ2) is 3.38. The Balaban J connectivity index is 3.28. The minimum absolute atomic E-state index is 0.00523. The predicted molar refractivity (Wildman–Crippen MR) is 40.7 cm³/mol. The van der Waals surface area contributed by atoms with E-state index in [1.54, 1.807) is 6.07 Å². The molecule has 1 atom stereocenters. The molecule has 0 aliphatic rings. The average molecular weight is 186 g/mol. The first-order valence-corrected chi connectivity index (χ1v) is 4.08. The first-order valence-electron chi connectivity index (χ1n) is 2.98. The number of hydrogen-bond acceptors (Lipinski definition) is 5. The van der Waals surface area contributed by atoms with Crippen LogP contribution in [0.5, 0.6) is 11.6 Å². The van der Waals surface area contributed by atoms with Crippen LogP contribution in [0.15, 0.2) is 0 Å². The van der Waals surface area contributed by atoms with Crippen molar-refractivity contribution in [3.05, 3.63) is 4.88 Å². The summed E-state index contributed by atoms with van der Waals surface area (Å²) in [5.74, 6) is 0.255. The zero-order valence-electron chi connectivity index (χ0n) is 6.53. The minimum atomic E-state index is -1.66. The molecule has 5 nitrogen and oxygen atoms in total. The third kappa shape index (κ3) is 1.20. The van der Waals surface area contributed by atoms with Gasteiger partial charge in [0.05, 0.1) is 25.2 Å². The Morgan fingerprint density at radius 3 is 2.58 bits per heavy atom. The molecular formula is C6H6N2O3S. The van der Waals surface area contributed by atoms with Crippen LogP contribution >= 0.6 is 10.9 Å². The van der Waals surface area contributed by atoms with E-state index in [-0.39, 0.29) is 16.5 Å². The molecule has 64 valence electrons. The monoisotopic (exact) mass is 186 g/mol. The van der Waals surface area contributed by atoms with E-state index in [4.69, 9.17) is 14.7 Å². The summed E-state index contributed by atoms with van der Waals surface area (Å²) in [5, 5.41) is 8.54. The molecular weight excluding hydrogens is 180 g/mol. The summed E-state index contributed by atoms with van der Waals surface area (Å²) in [7, 11) is 1.07. The molecule has 0 aliphatic carbocycles. The number of hydrogen-bond donors (Lipinski definition) is 0. The van der Waals surface area contributed by atoms with Gasteiger partial charge in [-0.25, -0.2) is 0 Å². The molecule has 0 bridgehead atoms. The van der Waals surface area contributed by atoms with E-state index in [0.717, 1.165) is 0 Å². The lowest BCUT2D eigenvalue weighted by Crippen LogP contribution is -1.88. The third-order valence-electron chi connectivity index (χ3n) is 1.24. The average Bonchev–Trinajstić information content (AvgIpc) is 2.40. The van der Waals surface area contributed by atoms with E-state index in [9.17, 15) is 4.55 Å². The van der Waals surface area contributed by atoms with Crippen molar-refractivity contribution >= 4 is 10.9 Å². The number of aromatic nitrogens is 1. The van der Waals surface area contributed by atoms with Gasteiger partial charge in [0.2, 0.25) is 0 Å². The van der Waals surface area contributed by atoms with Gasteiger partial charge in [-0.15, -0.1) is 0 Å². The van der Waals surface area contributed by atoms with Gasteiger partial charge in [-0.05, 0) is 0 Å². The summed E-state index contributed by atoms with van der Waals surface area (Å²) in [6.07, 6.45) is 0. The maximum Gasteiger partial charge on any atom is 0.320 e. The molecule has 1 heterocycles. The molecule has 0 fully saturated rings. The molecule has 0 N–H and O–H groups in total. The fourth-order valence-electron chi connectivity index (χ4n) is 0.739. The molecule has 12 heavy (non-hydrogen) atoms. The standard InChI is InChI=1S/C6H6N2O3S/c1-10-5-4(3-7)12(9)8-6(5)11-2/h1-2H3. The highest BCUT2D eigenvalue weighted by Gasteiger charge is 2.24. The van der Waals surface area contributed by atoms with Crippen molar-refractivity contribution in [1.29, 1.82) is 5.26 Å². The number of ether oxygens (including phenoxy) is 2. The predicted octanol–water partition coefficient (Wildman–Crippen LogP) is 0.698. The lowest BCUT2D eigenvalue weighted by molar-refractivity contribution is 0.348. The van der Waals surface area contributed by atoms with Crippen molar-refractivity contribution < 1.29 is 14.0 Å². The third-order valence-corrected chi connectivity index (χ3v) is 2.20. The van der Waals surface area contributed by atoms with Crippen LogP contribution in [0.2, 0.25) is 0 Å². The fraction of sp³-hybridized carbons (Fsp3) is 0.333. The molecule has 0 radical (unpaired) electrons. The molecule has 0 amide bonds. The molecule has 1 rings (SSSR count). The van der Waals surface area contributed by atoms with Crippen molar-refractivity contribution in [2.75, 3.05) is 14.2 Å². The summed E-state index contributed by atoms with van der Waals surface area (Å²) in [5.41, 5.74) is 0. The molecule has 1 aromatic heterocycles. The number of nitriles is 1. The summed E-state index contributed by atoms with van der Waals surface area (Å²) in [6, 6.07) is 1.74. The van der Waals surface area contributed by atoms with Gasteiger partial charge in [-0.3, -0.25) is 0 Å². The van der Waals surface area contributed by atoms with Gasteiger partial charge < -0.3 is 14.0 Å². The van der Waals surface area contributed by atoms with Gasteiger partial charge in [0.25, 0.3) is 5.75 Å². The summed E-state index contributed by atoms with van der Waals surface area (Å²) in [4.78, 5) is -0.00523. The largest absolute Gasteiger partial charge is 0.568 e. The van der Waals surface area contributed by atoms with Crippen molar-refractivity contribution in [2.24, 2.45) is 0 Å². The smallest absolute Gasteiger partial charge is 0.320 e. The van der Waals surface area contributed by atoms with E-state index in [1.165, 1.54) is 14.2 Å². The fourth-order valence-corrected chi connectivity index (χ4v) is 1.55. The van der Waals surface area contributed by atoms with Crippen LogP contribution in [-0.2, 0) is 0 Å². The van der Waals surface area contributed by atoms with Crippen LogP contribution in [-0.4, -0.2) is 23.1 Å². The Morgan fingerprint density at radius 2 is 2.17 bits per heavy atom. The molecule has 0 saturated carbocycles. The van der Waals surface area contributed by atoms with E-state index >= 15 is 0 Å². The van der Waals surface area contributed by atoms with Gasteiger partial charge in [-0.2, -0.15) is 5.26 Å². The van der Waals surface area contributed by atoms with Crippen molar-refractivity contribution in [2.45, 2.75) is 0 Å². The number of rotatable bonds is 2. The summed E-state index contributed by atoms with van der Waals surface area (Å²) >= 11 is 0. The van der Waals surface area contributed by atoms with Crippen molar-refractivity contribution in [1.82, 2.24) is 4.37 Å². The Kier molecular flexibility index (Phi) is 2.47. The van der Waals surface area contributed by atoms with Crippen LogP contribution in [0.25, 0.3) is 0 Å². The van der Waals surface area contributed by atoms with Gasteiger partial charge in [0.1, 0.15) is 0 Å². The van der Waals surface area contributed by atoms with Gasteiger partial charge in [0.15, 0.2) is 6.07 Å². The van der Waals surface area contributed by atoms with Crippen molar-refractivity contribution in [3.8, 4) is 17.7 Å². The highest BCUT2D eigenvalue weighted by Crippen LogP contribution is 2.37. The highest BCUT2D eigenvalue weighted by atomic mass is 32.2. The van der Waals surface area contributed by atoms with Crippen LogP contribution in [0.4, 0.5) is 0 Å². The Bertz CT molecular complexity index is 328. The normalized spacial score (nSPS) is 10.7. The Labute approximate surface area is 72.1 Å². The second-order valence-corrected chi connectivity index (χ2v) is 2.91. The molecule has 0 aliphatic heterocycles. The maximum atomic E-state index is 11.0. The number of nitrogens with zero attached hydrogens (tertiary/aromatic N) is 2. The van der Waals surface area contributed by atoms with E-state index < -0.39 is 10.9 Å². The second-order valence-electron chi connectivity index (χ2n) is 1.82. The minimum Gasteiger partial charge on any atom is -0.568 e. The molecule has 1 aromatic rings. The van der Waals surface area contributed by atoms with E-state index in [1.807, 2.05) is 0 Å². The maximum absolute atomic E-state index is 11.0.